The molecule has 0 amide bonds. The maximum atomic E-state index is 6.02. The van der Waals surface area contributed by atoms with E-state index in [1.807, 2.05) is 18.2 Å². The van der Waals surface area contributed by atoms with Crippen molar-refractivity contribution < 1.29 is 0 Å². The van der Waals surface area contributed by atoms with Crippen LogP contribution in [0.5, 0.6) is 0 Å². The van der Waals surface area contributed by atoms with Gasteiger partial charge < -0.3 is 11.1 Å². The third-order valence-corrected chi connectivity index (χ3v) is 2.57. The molecule has 0 unspecified atom stereocenters. The standard InChI is InChI=1S/C11H17ClN2/c1-9(8-13)14-7-6-10-4-2-3-5-11(10)12/h2-5,9,14H,6-8,13H2,1H3/t9-/m1/s1. The van der Waals surface area contributed by atoms with E-state index >= 15 is 0 Å². The highest BCUT2D eigenvalue weighted by Crippen LogP contribution is 2.14. The first kappa shape index (κ1) is 11.5. The minimum Gasteiger partial charge on any atom is -0.329 e. The third kappa shape index (κ3) is 3.66. The number of rotatable bonds is 5. The first-order valence-electron chi connectivity index (χ1n) is 4.91. The Kier molecular flexibility index (Phi) is 4.94. The van der Waals surface area contributed by atoms with Crippen molar-refractivity contribution in [2.45, 2.75) is 19.4 Å². The predicted molar refractivity (Wildman–Crippen MR) is 61.7 cm³/mol. The van der Waals surface area contributed by atoms with Gasteiger partial charge in [-0.05, 0) is 31.5 Å². The monoisotopic (exact) mass is 212 g/mol. The van der Waals surface area contributed by atoms with Crippen molar-refractivity contribution in [1.29, 1.82) is 0 Å². The zero-order valence-electron chi connectivity index (χ0n) is 8.46. The Hall–Kier alpha value is -0.570. The van der Waals surface area contributed by atoms with Gasteiger partial charge in [-0.2, -0.15) is 0 Å². The van der Waals surface area contributed by atoms with Crippen molar-refractivity contribution >= 4 is 11.6 Å². The lowest BCUT2D eigenvalue weighted by Crippen LogP contribution is -2.34. The average molecular weight is 213 g/mol. The SMILES string of the molecule is C[C@H](CN)NCCc1ccccc1Cl. The summed E-state index contributed by atoms with van der Waals surface area (Å²) in [5.74, 6) is 0. The van der Waals surface area contributed by atoms with E-state index in [0.29, 0.717) is 12.6 Å². The molecular weight excluding hydrogens is 196 g/mol. The largest absolute Gasteiger partial charge is 0.329 e. The van der Waals surface area contributed by atoms with Crippen molar-refractivity contribution in [3.8, 4) is 0 Å². The minimum absolute atomic E-state index is 0.373. The molecule has 0 aliphatic rings. The summed E-state index contributed by atoms with van der Waals surface area (Å²) >= 11 is 6.02. The van der Waals surface area contributed by atoms with E-state index in [4.69, 9.17) is 17.3 Å². The second-order valence-corrected chi connectivity index (χ2v) is 3.84. The van der Waals surface area contributed by atoms with E-state index in [9.17, 15) is 0 Å². The molecule has 14 heavy (non-hydrogen) atoms. The van der Waals surface area contributed by atoms with Gasteiger partial charge in [0.25, 0.3) is 0 Å². The van der Waals surface area contributed by atoms with Crippen molar-refractivity contribution in [3.63, 3.8) is 0 Å². The molecule has 2 nitrogen and oxygen atoms in total. The van der Waals surface area contributed by atoms with Crippen LogP contribution in [0.1, 0.15) is 12.5 Å². The summed E-state index contributed by atoms with van der Waals surface area (Å²) < 4.78 is 0. The van der Waals surface area contributed by atoms with E-state index in [1.54, 1.807) is 0 Å². The molecule has 0 aliphatic heterocycles. The lowest BCUT2D eigenvalue weighted by molar-refractivity contribution is 0.559. The van der Waals surface area contributed by atoms with Crippen LogP contribution in [0, 0.1) is 0 Å². The Morgan fingerprint density at radius 3 is 2.79 bits per heavy atom. The lowest BCUT2D eigenvalue weighted by Gasteiger charge is -2.11. The third-order valence-electron chi connectivity index (χ3n) is 2.20. The minimum atomic E-state index is 0.373. The van der Waals surface area contributed by atoms with Crippen molar-refractivity contribution in [2.75, 3.05) is 13.1 Å². The molecule has 0 bridgehead atoms. The lowest BCUT2D eigenvalue weighted by atomic mass is 10.1. The van der Waals surface area contributed by atoms with Crippen LogP contribution < -0.4 is 11.1 Å². The van der Waals surface area contributed by atoms with Gasteiger partial charge in [-0.15, -0.1) is 0 Å². The van der Waals surface area contributed by atoms with E-state index in [1.165, 1.54) is 5.56 Å². The summed E-state index contributed by atoms with van der Waals surface area (Å²) in [4.78, 5) is 0. The van der Waals surface area contributed by atoms with Crippen LogP contribution in [0.15, 0.2) is 24.3 Å². The summed E-state index contributed by atoms with van der Waals surface area (Å²) in [6.07, 6.45) is 0.948. The van der Waals surface area contributed by atoms with Gasteiger partial charge in [0.2, 0.25) is 0 Å². The predicted octanol–water partition coefficient (Wildman–Crippen LogP) is 1.82. The Labute approximate surface area is 90.4 Å². The Morgan fingerprint density at radius 1 is 1.43 bits per heavy atom. The number of nitrogens with two attached hydrogens (primary N) is 1. The first-order valence-corrected chi connectivity index (χ1v) is 5.28. The van der Waals surface area contributed by atoms with Gasteiger partial charge in [0.15, 0.2) is 0 Å². The van der Waals surface area contributed by atoms with E-state index < -0.39 is 0 Å². The summed E-state index contributed by atoms with van der Waals surface area (Å²) in [5, 5.41) is 4.17. The zero-order chi connectivity index (χ0) is 10.4. The molecule has 0 saturated heterocycles. The van der Waals surface area contributed by atoms with Gasteiger partial charge in [0.1, 0.15) is 0 Å². The number of nitrogens with one attached hydrogen (secondary N) is 1. The number of halogens is 1. The molecular formula is C11H17ClN2. The van der Waals surface area contributed by atoms with Crippen LogP contribution >= 0.6 is 11.6 Å². The van der Waals surface area contributed by atoms with Crippen molar-refractivity contribution in [2.24, 2.45) is 5.73 Å². The Balaban J connectivity index is 2.35. The van der Waals surface area contributed by atoms with Gasteiger partial charge in [0, 0.05) is 17.6 Å². The van der Waals surface area contributed by atoms with Crippen LogP contribution in [0.4, 0.5) is 0 Å². The molecule has 0 heterocycles. The van der Waals surface area contributed by atoms with E-state index in [2.05, 4.69) is 18.3 Å². The first-order chi connectivity index (χ1) is 6.74. The highest BCUT2D eigenvalue weighted by molar-refractivity contribution is 6.31. The average Bonchev–Trinajstić information content (AvgIpc) is 2.20. The molecule has 0 saturated carbocycles. The maximum Gasteiger partial charge on any atom is 0.0438 e. The van der Waals surface area contributed by atoms with Crippen LogP contribution in [0.25, 0.3) is 0 Å². The molecule has 0 radical (unpaired) electrons. The summed E-state index contributed by atoms with van der Waals surface area (Å²) in [7, 11) is 0. The van der Waals surface area contributed by atoms with E-state index in [-0.39, 0.29) is 0 Å². The summed E-state index contributed by atoms with van der Waals surface area (Å²) in [5.41, 5.74) is 6.68. The zero-order valence-corrected chi connectivity index (χ0v) is 9.22. The van der Waals surface area contributed by atoms with Gasteiger partial charge in [-0.3, -0.25) is 0 Å². The number of hydrogen-bond acceptors (Lipinski definition) is 2. The normalized spacial score (nSPS) is 12.8. The van der Waals surface area contributed by atoms with Crippen LogP contribution in [-0.4, -0.2) is 19.1 Å². The van der Waals surface area contributed by atoms with Crippen molar-refractivity contribution in [1.82, 2.24) is 5.32 Å². The fraction of sp³-hybridized carbons (Fsp3) is 0.455. The van der Waals surface area contributed by atoms with Crippen LogP contribution in [0.3, 0.4) is 0 Å². The summed E-state index contributed by atoms with van der Waals surface area (Å²) in [6.45, 7) is 3.66. The van der Waals surface area contributed by atoms with Crippen LogP contribution in [-0.2, 0) is 6.42 Å². The molecule has 0 fully saturated rings. The van der Waals surface area contributed by atoms with Gasteiger partial charge >= 0.3 is 0 Å². The Bertz CT molecular complexity index is 276. The molecule has 1 aromatic carbocycles. The molecule has 3 N–H and O–H groups in total. The molecule has 0 aromatic heterocycles. The summed E-state index contributed by atoms with van der Waals surface area (Å²) in [6, 6.07) is 8.30. The molecule has 1 rings (SSSR count). The van der Waals surface area contributed by atoms with Crippen molar-refractivity contribution in [3.05, 3.63) is 34.9 Å². The highest BCUT2D eigenvalue weighted by atomic mass is 35.5. The maximum absolute atomic E-state index is 6.02. The van der Waals surface area contributed by atoms with Gasteiger partial charge in [-0.25, -0.2) is 0 Å². The molecule has 0 spiro atoms. The van der Waals surface area contributed by atoms with Gasteiger partial charge in [-0.1, -0.05) is 29.8 Å². The Morgan fingerprint density at radius 2 is 2.14 bits per heavy atom. The molecule has 3 heteroatoms. The topological polar surface area (TPSA) is 38.0 Å². The number of benzene rings is 1. The number of hydrogen-bond donors (Lipinski definition) is 2. The smallest absolute Gasteiger partial charge is 0.0438 e. The fourth-order valence-electron chi connectivity index (χ4n) is 1.24. The molecule has 78 valence electrons. The molecule has 1 atom stereocenters. The fourth-order valence-corrected chi connectivity index (χ4v) is 1.47. The second-order valence-electron chi connectivity index (χ2n) is 3.43. The van der Waals surface area contributed by atoms with E-state index in [0.717, 1.165) is 18.0 Å². The quantitative estimate of drug-likeness (QED) is 0.782. The second kappa shape index (κ2) is 6.02. The molecule has 1 aromatic rings. The van der Waals surface area contributed by atoms with Crippen LogP contribution in [0.2, 0.25) is 5.02 Å². The highest BCUT2D eigenvalue weighted by Gasteiger charge is 2.00. The molecule has 0 aliphatic carbocycles. The van der Waals surface area contributed by atoms with Gasteiger partial charge in [0.05, 0.1) is 0 Å².